The fourth-order valence-corrected chi connectivity index (χ4v) is 1.37. The van der Waals surface area contributed by atoms with Crippen molar-refractivity contribution in [1.82, 2.24) is 0 Å². The molecule has 1 rings (SSSR count). The highest BCUT2D eigenvalue weighted by Crippen LogP contribution is 2.28. The number of Topliss-reactive ketones (excluding diaryl/α,β-unsaturated/α-hetero) is 1. The van der Waals surface area contributed by atoms with Gasteiger partial charge in [-0.05, 0) is 40.5 Å². The van der Waals surface area contributed by atoms with Crippen LogP contribution in [0.25, 0.3) is 0 Å². The number of aromatic hydroxyl groups is 1. The number of carbonyl (C=O) groups is 1. The smallest absolute Gasteiger partial charge is 0.177 e. The van der Waals surface area contributed by atoms with Crippen LogP contribution < -0.4 is 0 Å². The Kier molecular flexibility index (Phi) is 3.33. The summed E-state index contributed by atoms with van der Waals surface area (Å²) in [6.07, 6.45) is 0. The lowest BCUT2D eigenvalue weighted by atomic mass is 10.1. The van der Waals surface area contributed by atoms with Gasteiger partial charge in [0.15, 0.2) is 5.78 Å². The molecule has 0 heterocycles. The third-order valence-corrected chi connectivity index (χ3v) is 2.95. The Hall–Kier alpha value is -0.540. The van der Waals surface area contributed by atoms with Crippen molar-refractivity contribution in [3.63, 3.8) is 0 Å². The highest BCUT2D eigenvalue weighted by atomic mass is 79.9. The van der Waals surface area contributed by atoms with Crippen LogP contribution in [0.3, 0.4) is 0 Å². The summed E-state index contributed by atoms with van der Waals surface area (Å²) in [7, 11) is 0. The van der Waals surface area contributed by atoms with Crippen molar-refractivity contribution in [3.05, 3.63) is 27.7 Å². The highest BCUT2D eigenvalue weighted by Gasteiger charge is 2.09. The van der Waals surface area contributed by atoms with E-state index in [2.05, 4.69) is 15.9 Å². The maximum atomic E-state index is 11.2. The van der Waals surface area contributed by atoms with Gasteiger partial charge in [0.25, 0.3) is 0 Å². The van der Waals surface area contributed by atoms with Crippen LogP contribution >= 0.6 is 27.5 Å². The van der Waals surface area contributed by atoms with Crippen molar-refractivity contribution >= 4 is 33.3 Å². The van der Waals surface area contributed by atoms with E-state index in [0.717, 1.165) is 5.56 Å². The first-order valence-corrected chi connectivity index (χ1v) is 4.97. The van der Waals surface area contributed by atoms with Crippen LogP contribution in [0, 0.1) is 6.92 Å². The molecule has 0 radical (unpaired) electrons. The van der Waals surface area contributed by atoms with Crippen molar-refractivity contribution in [2.24, 2.45) is 0 Å². The van der Waals surface area contributed by atoms with Crippen LogP contribution in [0.1, 0.15) is 15.9 Å². The van der Waals surface area contributed by atoms with Crippen LogP contribution in [0.5, 0.6) is 5.75 Å². The predicted octanol–water partition coefficient (Wildman–Crippen LogP) is 2.88. The Labute approximate surface area is 89.7 Å². The zero-order valence-electron chi connectivity index (χ0n) is 6.97. The second-order valence-electron chi connectivity index (χ2n) is 2.68. The Balaban J connectivity index is 3.20. The number of alkyl halides is 1. The molecule has 0 fully saturated rings. The first-order valence-electron chi connectivity index (χ1n) is 3.64. The van der Waals surface area contributed by atoms with Crippen LogP contribution in [-0.2, 0) is 0 Å². The Bertz CT molecular complexity index is 326. The number of carbonyl (C=O) groups excluding carboxylic acids is 1. The van der Waals surface area contributed by atoms with Crippen LogP contribution in [0.4, 0.5) is 0 Å². The molecule has 4 heteroatoms. The van der Waals surface area contributed by atoms with Gasteiger partial charge in [-0.1, -0.05) is 0 Å². The molecule has 0 aromatic heterocycles. The second-order valence-corrected chi connectivity index (χ2v) is 3.74. The molecule has 13 heavy (non-hydrogen) atoms. The summed E-state index contributed by atoms with van der Waals surface area (Å²) in [4.78, 5) is 11.2. The van der Waals surface area contributed by atoms with E-state index >= 15 is 0 Å². The fourth-order valence-electron chi connectivity index (χ4n) is 0.989. The van der Waals surface area contributed by atoms with Crippen molar-refractivity contribution in [1.29, 1.82) is 0 Å². The third kappa shape index (κ3) is 2.23. The number of rotatable bonds is 2. The van der Waals surface area contributed by atoms with Gasteiger partial charge < -0.3 is 5.11 Å². The topological polar surface area (TPSA) is 37.3 Å². The summed E-state index contributed by atoms with van der Waals surface area (Å²) >= 11 is 8.58. The van der Waals surface area contributed by atoms with Crippen LogP contribution in [0.2, 0.25) is 0 Å². The highest BCUT2D eigenvalue weighted by molar-refractivity contribution is 9.10. The summed E-state index contributed by atoms with van der Waals surface area (Å²) < 4.78 is 0.610. The van der Waals surface area contributed by atoms with Gasteiger partial charge in [-0.3, -0.25) is 4.79 Å². The minimum absolute atomic E-state index is 0.0634. The van der Waals surface area contributed by atoms with Gasteiger partial charge in [-0.2, -0.15) is 0 Å². The van der Waals surface area contributed by atoms with Gasteiger partial charge in [-0.25, -0.2) is 0 Å². The normalized spacial score (nSPS) is 10.1. The largest absolute Gasteiger partial charge is 0.507 e. The van der Waals surface area contributed by atoms with Gasteiger partial charge in [0.2, 0.25) is 0 Å². The zero-order chi connectivity index (χ0) is 10.0. The van der Waals surface area contributed by atoms with E-state index in [0.29, 0.717) is 10.0 Å². The van der Waals surface area contributed by atoms with Crippen LogP contribution in [0.15, 0.2) is 16.6 Å². The standard InChI is InChI=1S/C9H8BrClO2/c1-5-2-6(8(13)4-11)3-7(12)9(5)10/h2-3,12H,4H2,1H3. The molecule has 0 spiro atoms. The van der Waals surface area contributed by atoms with E-state index in [9.17, 15) is 9.90 Å². The Morgan fingerprint density at radius 2 is 2.23 bits per heavy atom. The van der Waals surface area contributed by atoms with Gasteiger partial charge in [-0.15, -0.1) is 11.6 Å². The number of ketones is 1. The maximum absolute atomic E-state index is 11.2. The Morgan fingerprint density at radius 1 is 1.62 bits per heavy atom. The number of halogens is 2. The van der Waals surface area contributed by atoms with Crippen LogP contribution in [-0.4, -0.2) is 16.8 Å². The molecule has 0 aliphatic heterocycles. The number of hydrogen-bond acceptors (Lipinski definition) is 2. The first-order chi connectivity index (χ1) is 6.06. The molecule has 70 valence electrons. The maximum Gasteiger partial charge on any atom is 0.177 e. The fraction of sp³-hybridized carbons (Fsp3) is 0.222. The van der Waals surface area contributed by atoms with E-state index in [-0.39, 0.29) is 17.4 Å². The lowest BCUT2D eigenvalue weighted by molar-refractivity contribution is 0.102. The number of benzene rings is 1. The molecule has 0 bridgehead atoms. The molecule has 2 nitrogen and oxygen atoms in total. The quantitative estimate of drug-likeness (QED) is 0.658. The molecule has 0 unspecified atom stereocenters. The van der Waals surface area contributed by atoms with E-state index in [1.165, 1.54) is 6.07 Å². The van der Waals surface area contributed by atoms with Gasteiger partial charge in [0.1, 0.15) is 5.75 Å². The molecule has 0 saturated carbocycles. The molecule has 0 aliphatic rings. The second kappa shape index (κ2) is 4.11. The predicted molar refractivity (Wildman–Crippen MR) is 55.6 cm³/mol. The third-order valence-electron chi connectivity index (χ3n) is 1.68. The SMILES string of the molecule is Cc1cc(C(=O)CCl)cc(O)c1Br. The lowest BCUT2D eigenvalue weighted by Gasteiger charge is -2.04. The summed E-state index contributed by atoms with van der Waals surface area (Å²) in [6, 6.07) is 3.09. The molecule has 0 saturated heterocycles. The molecular formula is C9H8BrClO2. The summed E-state index contributed by atoms with van der Waals surface area (Å²) in [5.74, 6) is -0.193. The number of phenolic OH excluding ortho intramolecular Hbond substituents is 1. The molecule has 0 amide bonds. The van der Waals surface area contributed by atoms with Crippen molar-refractivity contribution in [2.75, 3.05) is 5.88 Å². The van der Waals surface area contributed by atoms with E-state index < -0.39 is 0 Å². The monoisotopic (exact) mass is 262 g/mol. The molecule has 1 aromatic rings. The number of phenols is 1. The molecule has 0 aliphatic carbocycles. The van der Waals surface area contributed by atoms with E-state index in [4.69, 9.17) is 11.6 Å². The number of hydrogen-bond donors (Lipinski definition) is 1. The first kappa shape index (κ1) is 10.5. The van der Waals surface area contributed by atoms with Gasteiger partial charge in [0, 0.05) is 5.56 Å². The number of aryl methyl sites for hydroxylation is 1. The van der Waals surface area contributed by atoms with Crippen molar-refractivity contribution in [3.8, 4) is 5.75 Å². The lowest BCUT2D eigenvalue weighted by Crippen LogP contribution is -2.00. The average molecular weight is 264 g/mol. The van der Waals surface area contributed by atoms with Gasteiger partial charge >= 0.3 is 0 Å². The zero-order valence-corrected chi connectivity index (χ0v) is 9.32. The minimum Gasteiger partial charge on any atom is -0.507 e. The molecule has 1 N–H and O–H groups in total. The molecule has 0 atom stereocenters. The summed E-state index contributed by atoms with van der Waals surface area (Å²) in [5.41, 5.74) is 1.25. The van der Waals surface area contributed by atoms with Crippen molar-refractivity contribution in [2.45, 2.75) is 6.92 Å². The molecule has 1 aromatic carbocycles. The van der Waals surface area contributed by atoms with Gasteiger partial charge in [0.05, 0.1) is 10.4 Å². The van der Waals surface area contributed by atoms with E-state index in [1.54, 1.807) is 13.0 Å². The summed E-state index contributed by atoms with van der Waals surface area (Å²) in [6.45, 7) is 1.80. The minimum atomic E-state index is -0.187. The average Bonchev–Trinajstić information content (AvgIpc) is 2.12. The van der Waals surface area contributed by atoms with E-state index in [1.807, 2.05) is 0 Å². The molecular weight excluding hydrogens is 255 g/mol. The Morgan fingerprint density at radius 3 is 2.69 bits per heavy atom. The van der Waals surface area contributed by atoms with Crippen molar-refractivity contribution < 1.29 is 9.90 Å². The summed E-state index contributed by atoms with van der Waals surface area (Å²) in [5, 5.41) is 9.38.